The van der Waals surface area contributed by atoms with E-state index in [0.717, 1.165) is 51.4 Å². The van der Waals surface area contributed by atoms with E-state index in [1.165, 1.54) is 38.8 Å². The van der Waals surface area contributed by atoms with Crippen molar-refractivity contribution in [1.29, 1.82) is 0 Å². The predicted octanol–water partition coefficient (Wildman–Crippen LogP) is 2.44. The summed E-state index contributed by atoms with van der Waals surface area (Å²) >= 11 is 0. The fourth-order valence-electron chi connectivity index (χ4n) is 5.41. The second-order valence-corrected chi connectivity index (χ2v) is 8.56. The van der Waals surface area contributed by atoms with Crippen molar-refractivity contribution in [2.45, 2.75) is 69.4 Å². The van der Waals surface area contributed by atoms with Crippen molar-refractivity contribution >= 4 is 5.91 Å². The first kappa shape index (κ1) is 17.7. The Morgan fingerprint density at radius 1 is 0.960 bits per heavy atom. The molecule has 0 aromatic carbocycles. The molecule has 4 rings (SSSR count). The molecular formula is C20H34N2O3. The molecule has 1 amide bonds. The summed E-state index contributed by atoms with van der Waals surface area (Å²) in [6, 6.07) is 0.833. The molecule has 3 saturated heterocycles. The zero-order chi connectivity index (χ0) is 17.1. The van der Waals surface area contributed by atoms with Crippen LogP contribution in [-0.2, 0) is 14.3 Å². The average Bonchev–Trinajstić information content (AvgIpc) is 3.18. The van der Waals surface area contributed by atoms with Gasteiger partial charge in [0, 0.05) is 45.2 Å². The van der Waals surface area contributed by atoms with Crippen LogP contribution >= 0.6 is 0 Å². The fourth-order valence-corrected chi connectivity index (χ4v) is 5.41. The van der Waals surface area contributed by atoms with Crippen molar-refractivity contribution in [3.63, 3.8) is 0 Å². The van der Waals surface area contributed by atoms with Crippen molar-refractivity contribution in [3.05, 3.63) is 0 Å². The van der Waals surface area contributed by atoms with E-state index in [0.29, 0.717) is 31.5 Å². The lowest BCUT2D eigenvalue weighted by Gasteiger charge is -2.47. The monoisotopic (exact) mass is 350 g/mol. The van der Waals surface area contributed by atoms with Gasteiger partial charge in [-0.2, -0.15) is 0 Å². The van der Waals surface area contributed by atoms with Gasteiger partial charge in [0.2, 0.25) is 5.91 Å². The molecule has 4 aliphatic rings. The predicted molar refractivity (Wildman–Crippen MR) is 96.5 cm³/mol. The van der Waals surface area contributed by atoms with Crippen molar-refractivity contribution in [1.82, 2.24) is 9.80 Å². The number of rotatable bonds is 3. The molecule has 5 nitrogen and oxygen atoms in total. The molecule has 0 N–H and O–H groups in total. The van der Waals surface area contributed by atoms with E-state index in [9.17, 15) is 4.79 Å². The molecule has 1 atom stereocenters. The van der Waals surface area contributed by atoms with Crippen LogP contribution in [0.2, 0.25) is 0 Å². The van der Waals surface area contributed by atoms with Crippen molar-refractivity contribution in [3.8, 4) is 0 Å². The zero-order valence-electron chi connectivity index (χ0n) is 15.6. The van der Waals surface area contributed by atoms with Crippen LogP contribution in [-0.4, -0.2) is 73.3 Å². The third-order valence-corrected chi connectivity index (χ3v) is 6.97. The molecule has 1 saturated carbocycles. The highest BCUT2D eigenvalue weighted by molar-refractivity contribution is 5.76. The Hall–Kier alpha value is -0.650. The fraction of sp³-hybridized carbons (Fsp3) is 0.950. The van der Waals surface area contributed by atoms with Crippen LogP contribution in [0.4, 0.5) is 0 Å². The van der Waals surface area contributed by atoms with Crippen LogP contribution in [0.5, 0.6) is 0 Å². The third-order valence-electron chi connectivity index (χ3n) is 6.97. The number of hydrogen-bond donors (Lipinski definition) is 0. The molecule has 5 heteroatoms. The van der Waals surface area contributed by atoms with Crippen LogP contribution in [0.1, 0.15) is 57.8 Å². The Kier molecular flexibility index (Phi) is 5.63. The molecule has 1 unspecified atom stereocenters. The maximum atomic E-state index is 12.6. The van der Waals surface area contributed by atoms with E-state index in [4.69, 9.17) is 9.47 Å². The van der Waals surface area contributed by atoms with Crippen LogP contribution < -0.4 is 0 Å². The quantitative estimate of drug-likeness (QED) is 0.784. The molecule has 4 fully saturated rings. The van der Waals surface area contributed by atoms with Crippen molar-refractivity contribution < 1.29 is 14.3 Å². The summed E-state index contributed by atoms with van der Waals surface area (Å²) in [6.07, 6.45) is 10.8. The summed E-state index contributed by atoms with van der Waals surface area (Å²) in [4.78, 5) is 17.3. The molecule has 0 radical (unpaired) electrons. The lowest BCUT2D eigenvalue weighted by atomic mass is 9.78. The Balaban J connectivity index is 1.28. The van der Waals surface area contributed by atoms with E-state index in [1.807, 2.05) is 4.90 Å². The molecule has 1 aliphatic carbocycles. The Morgan fingerprint density at radius 2 is 1.68 bits per heavy atom. The first-order valence-corrected chi connectivity index (χ1v) is 10.5. The molecule has 3 aliphatic heterocycles. The molecule has 142 valence electrons. The van der Waals surface area contributed by atoms with Crippen molar-refractivity contribution in [2.24, 2.45) is 5.92 Å². The largest absolute Gasteiger partial charge is 0.378 e. The van der Waals surface area contributed by atoms with E-state index >= 15 is 0 Å². The van der Waals surface area contributed by atoms with E-state index < -0.39 is 0 Å². The van der Waals surface area contributed by atoms with Crippen LogP contribution in [0.25, 0.3) is 0 Å². The van der Waals surface area contributed by atoms with Gasteiger partial charge in [-0.25, -0.2) is 0 Å². The number of carbonyl (C=O) groups excluding carboxylic acids is 1. The topological polar surface area (TPSA) is 42.0 Å². The number of likely N-dealkylation sites (tertiary alicyclic amines) is 1. The number of nitrogens with zero attached hydrogens (tertiary/aromatic N) is 2. The van der Waals surface area contributed by atoms with E-state index in [2.05, 4.69) is 4.90 Å². The van der Waals surface area contributed by atoms with Gasteiger partial charge in [-0.3, -0.25) is 4.79 Å². The van der Waals surface area contributed by atoms with E-state index in [-0.39, 0.29) is 5.60 Å². The lowest BCUT2D eigenvalue weighted by molar-refractivity contribution is -0.145. The van der Waals surface area contributed by atoms with Gasteiger partial charge >= 0.3 is 0 Å². The minimum Gasteiger partial charge on any atom is -0.378 e. The van der Waals surface area contributed by atoms with Crippen molar-refractivity contribution in [2.75, 3.05) is 46.0 Å². The molecular weight excluding hydrogens is 316 g/mol. The second kappa shape index (κ2) is 7.93. The number of piperidine rings is 1. The standard InChI is InChI=1S/C20H34N2O3/c23-19(22-10-13-24-14-11-22)15-17-5-12-25-20(16-17)6-8-21(9-7-20)18-3-1-2-4-18/h17-18H,1-16H2. The Morgan fingerprint density at radius 3 is 2.40 bits per heavy atom. The maximum Gasteiger partial charge on any atom is 0.223 e. The lowest BCUT2D eigenvalue weighted by Crippen LogP contribution is -2.52. The number of amides is 1. The van der Waals surface area contributed by atoms with Crippen LogP contribution in [0, 0.1) is 5.92 Å². The van der Waals surface area contributed by atoms with Gasteiger partial charge in [0.15, 0.2) is 0 Å². The summed E-state index contributed by atoms with van der Waals surface area (Å²) in [5.74, 6) is 0.830. The summed E-state index contributed by atoms with van der Waals surface area (Å²) in [5, 5.41) is 0. The molecule has 0 bridgehead atoms. The molecule has 25 heavy (non-hydrogen) atoms. The van der Waals surface area contributed by atoms with Gasteiger partial charge in [-0.05, 0) is 44.4 Å². The second-order valence-electron chi connectivity index (χ2n) is 8.56. The van der Waals surface area contributed by atoms with Gasteiger partial charge in [0.05, 0.1) is 18.8 Å². The highest BCUT2D eigenvalue weighted by atomic mass is 16.5. The normalized spacial score (nSPS) is 31.5. The summed E-state index contributed by atoms with van der Waals surface area (Å²) in [7, 11) is 0. The third kappa shape index (κ3) is 4.20. The van der Waals surface area contributed by atoms with E-state index in [1.54, 1.807) is 0 Å². The minimum absolute atomic E-state index is 0.0588. The van der Waals surface area contributed by atoms with Gasteiger partial charge in [0.1, 0.15) is 0 Å². The van der Waals surface area contributed by atoms with Gasteiger partial charge < -0.3 is 19.3 Å². The number of hydrogen-bond acceptors (Lipinski definition) is 4. The SMILES string of the molecule is O=C(CC1CCOC2(CCN(C3CCCC3)CC2)C1)N1CCOCC1. The summed E-state index contributed by atoms with van der Waals surface area (Å²) in [6.45, 7) is 6.14. The number of morpholine rings is 1. The van der Waals surface area contributed by atoms with Crippen LogP contribution in [0.15, 0.2) is 0 Å². The summed E-state index contributed by atoms with van der Waals surface area (Å²) in [5.41, 5.74) is 0.0588. The molecule has 3 heterocycles. The number of ether oxygens (including phenoxy) is 2. The summed E-state index contributed by atoms with van der Waals surface area (Å²) < 4.78 is 11.7. The van der Waals surface area contributed by atoms with Crippen LogP contribution in [0.3, 0.4) is 0 Å². The molecule has 1 spiro atoms. The van der Waals surface area contributed by atoms with Gasteiger partial charge in [0.25, 0.3) is 0 Å². The first-order chi connectivity index (χ1) is 12.2. The van der Waals surface area contributed by atoms with Gasteiger partial charge in [-0.15, -0.1) is 0 Å². The molecule has 0 aromatic rings. The van der Waals surface area contributed by atoms with Gasteiger partial charge in [-0.1, -0.05) is 12.8 Å². The minimum atomic E-state index is 0.0588. The average molecular weight is 351 g/mol. The molecule has 0 aromatic heterocycles. The highest BCUT2D eigenvalue weighted by Crippen LogP contribution is 2.40. The smallest absolute Gasteiger partial charge is 0.223 e. The number of carbonyl (C=O) groups is 1. The Bertz CT molecular complexity index is 450. The zero-order valence-corrected chi connectivity index (χ0v) is 15.6. The Labute approximate surface area is 152 Å². The first-order valence-electron chi connectivity index (χ1n) is 10.5. The highest BCUT2D eigenvalue weighted by Gasteiger charge is 2.42. The maximum absolute atomic E-state index is 12.6.